The molecule has 1 atom stereocenters. The summed E-state index contributed by atoms with van der Waals surface area (Å²) in [5.41, 5.74) is 3.57. The van der Waals surface area contributed by atoms with Crippen LogP contribution in [0.4, 0.5) is 4.79 Å². The SMILES string of the molecule is Cc1c([C@H]2CCCN(C(=O)OC(C)(C)C)C2)[nH]c2ccc(C#N)cc12. The summed E-state index contributed by atoms with van der Waals surface area (Å²) in [5.74, 6) is 0.263. The Hall–Kier alpha value is -2.48. The van der Waals surface area contributed by atoms with Gasteiger partial charge in [-0.15, -0.1) is 0 Å². The topological polar surface area (TPSA) is 69.1 Å². The van der Waals surface area contributed by atoms with Gasteiger partial charge in [-0.3, -0.25) is 0 Å². The van der Waals surface area contributed by atoms with E-state index < -0.39 is 5.60 Å². The zero-order valence-corrected chi connectivity index (χ0v) is 15.3. The molecule has 1 aromatic heterocycles. The molecule has 0 aliphatic carbocycles. The summed E-state index contributed by atoms with van der Waals surface area (Å²) in [7, 11) is 0. The van der Waals surface area contributed by atoms with E-state index in [0.29, 0.717) is 12.1 Å². The highest BCUT2D eigenvalue weighted by Crippen LogP contribution is 2.33. The number of benzene rings is 1. The maximum Gasteiger partial charge on any atom is 0.410 e. The number of carbonyl (C=O) groups excluding carboxylic acids is 1. The summed E-state index contributed by atoms with van der Waals surface area (Å²) >= 11 is 0. The Morgan fingerprint density at radius 1 is 1.40 bits per heavy atom. The summed E-state index contributed by atoms with van der Waals surface area (Å²) in [6.07, 6.45) is 1.76. The van der Waals surface area contributed by atoms with Crippen LogP contribution in [-0.2, 0) is 4.74 Å². The van der Waals surface area contributed by atoms with Crippen molar-refractivity contribution < 1.29 is 9.53 Å². The normalized spacial score (nSPS) is 18.2. The number of nitrogens with zero attached hydrogens (tertiary/aromatic N) is 2. The molecule has 25 heavy (non-hydrogen) atoms. The van der Waals surface area contributed by atoms with E-state index in [2.05, 4.69) is 18.0 Å². The summed E-state index contributed by atoms with van der Waals surface area (Å²) < 4.78 is 5.52. The summed E-state index contributed by atoms with van der Waals surface area (Å²) in [6, 6.07) is 7.91. The molecule has 0 unspecified atom stereocenters. The lowest BCUT2D eigenvalue weighted by Crippen LogP contribution is -2.42. The number of hydrogen-bond acceptors (Lipinski definition) is 3. The van der Waals surface area contributed by atoms with Crippen molar-refractivity contribution in [1.29, 1.82) is 5.26 Å². The maximum absolute atomic E-state index is 12.4. The quantitative estimate of drug-likeness (QED) is 0.834. The second-order valence-electron chi connectivity index (χ2n) is 7.80. The number of nitrogens with one attached hydrogen (secondary N) is 1. The highest BCUT2D eigenvalue weighted by atomic mass is 16.6. The predicted octanol–water partition coefficient (Wildman–Crippen LogP) is 4.46. The molecular formula is C20H25N3O2. The molecule has 0 saturated carbocycles. The molecule has 5 nitrogen and oxygen atoms in total. The maximum atomic E-state index is 12.4. The van der Waals surface area contributed by atoms with E-state index in [-0.39, 0.29) is 12.0 Å². The second kappa shape index (κ2) is 6.44. The smallest absolute Gasteiger partial charge is 0.410 e. The molecule has 2 aromatic rings. The molecule has 132 valence electrons. The van der Waals surface area contributed by atoms with E-state index in [1.165, 1.54) is 11.3 Å². The van der Waals surface area contributed by atoms with E-state index in [9.17, 15) is 4.79 Å². The van der Waals surface area contributed by atoms with Crippen molar-refractivity contribution in [2.45, 2.75) is 52.1 Å². The number of hydrogen-bond donors (Lipinski definition) is 1. The van der Waals surface area contributed by atoms with Gasteiger partial charge in [-0.1, -0.05) is 0 Å². The van der Waals surface area contributed by atoms with E-state index in [1.807, 2.05) is 43.9 Å². The van der Waals surface area contributed by atoms with Gasteiger partial charge in [0.25, 0.3) is 0 Å². The third-order valence-corrected chi connectivity index (χ3v) is 4.71. The molecule has 1 amide bonds. The largest absolute Gasteiger partial charge is 0.444 e. The van der Waals surface area contributed by atoms with Gasteiger partial charge in [-0.2, -0.15) is 5.26 Å². The van der Waals surface area contributed by atoms with E-state index in [1.54, 1.807) is 0 Å². The molecule has 0 bridgehead atoms. The first-order valence-corrected chi connectivity index (χ1v) is 8.79. The van der Waals surface area contributed by atoms with Crippen LogP contribution in [0.5, 0.6) is 0 Å². The van der Waals surface area contributed by atoms with Crippen LogP contribution in [0.1, 0.15) is 56.4 Å². The van der Waals surface area contributed by atoms with Crippen LogP contribution in [0.15, 0.2) is 18.2 Å². The van der Waals surface area contributed by atoms with Gasteiger partial charge in [0, 0.05) is 35.6 Å². The highest BCUT2D eigenvalue weighted by Gasteiger charge is 2.30. The van der Waals surface area contributed by atoms with Crippen LogP contribution < -0.4 is 0 Å². The average molecular weight is 339 g/mol. The van der Waals surface area contributed by atoms with Crippen molar-refractivity contribution in [2.75, 3.05) is 13.1 Å². The van der Waals surface area contributed by atoms with Gasteiger partial charge in [-0.05, 0) is 64.3 Å². The molecule has 5 heteroatoms. The first-order chi connectivity index (χ1) is 11.8. The van der Waals surface area contributed by atoms with Crippen LogP contribution in [0.3, 0.4) is 0 Å². The van der Waals surface area contributed by atoms with Gasteiger partial charge < -0.3 is 14.6 Å². The third-order valence-electron chi connectivity index (χ3n) is 4.71. The van der Waals surface area contributed by atoms with Crippen LogP contribution in [-0.4, -0.2) is 34.7 Å². The minimum Gasteiger partial charge on any atom is -0.444 e. The zero-order chi connectivity index (χ0) is 18.2. The first kappa shape index (κ1) is 17.3. The molecular weight excluding hydrogens is 314 g/mol. The van der Waals surface area contributed by atoms with Crippen LogP contribution >= 0.6 is 0 Å². The van der Waals surface area contributed by atoms with Crippen molar-refractivity contribution >= 4 is 17.0 Å². The summed E-state index contributed by atoms with van der Waals surface area (Å²) in [6.45, 7) is 9.15. The fourth-order valence-corrected chi connectivity index (χ4v) is 3.53. The Morgan fingerprint density at radius 3 is 2.84 bits per heavy atom. The number of piperidine rings is 1. The van der Waals surface area contributed by atoms with Crippen molar-refractivity contribution in [1.82, 2.24) is 9.88 Å². The lowest BCUT2D eigenvalue weighted by molar-refractivity contribution is 0.0197. The summed E-state index contributed by atoms with van der Waals surface area (Å²) in [5, 5.41) is 10.2. The number of aromatic nitrogens is 1. The number of likely N-dealkylation sites (tertiary alicyclic amines) is 1. The zero-order valence-electron chi connectivity index (χ0n) is 15.3. The molecule has 1 fully saturated rings. The number of rotatable bonds is 1. The van der Waals surface area contributed by atoms with Crippen molar-refractivity contribution in [3.8, 4) is 6.07 Å². The molecule has 0 radical (unpaired) electrons. The summed E-state index contributed by atoms with van der Waals surface area (Å²) in [4.78, 5) is 17.7. The minimum atomic E-state index is -0.477. The highest BCUT2D eigenvalue weighted by molar-refractivity contribution is 5.86. The molecule has 1 aromatic carbocycles. The molecule has 1 aliphatic rings. The Balaban J connectivity index is 1.84. The van der Waals surface area contributed by atoms with Gasteiger partial charge >= 0.3 is 6.09 Å². The number of ether oxygens (including phenoxy) is 1. The minimum absolute atomic E-state index is 0.238. The Bertz CT molecular complexity index is 839. The van der Waals surface area contributed by atoms with Gasteiger partial charge in [0.15, 0.2) is 0 Å². The number of nitriles is 1. The van der Waals surface area contributed by atoms with Gasteiger partial charge in [0.1, 0.15) is 5.60 Å². The predicted molar refractivity (Wildman–Crippen MR) is 97.5 cm³/mol. The molecule has 1 aliphatic heterocycles. The van der Waals surface area contributed by atoms with Gasteiger partial charge in [0.05, 0.1) is 11.6 Å². The lowest BCUT2D eigenvalue weighted by atomic mass is 9.92. The van der Waals surface area contributed by atoms with E-state index in [4.69, 9.17) is 10.00 Å². The van der Waals surface area contributed by atoms with Crippen LogP contribution in [0, 0.1) is 18.3 Å². The Kier molecular flexibility index (Phi) is 4.47. The number of fused-ring (bicyclic) bond motifs is 1. The Morgan fingerprint density at radius 2 is 2.16 bits per heavy atom. The second-order valence-corrected chi connectivity index (χ2v) is 7.80. The van der Waals surface area contributed by atoms with Crippen LogP contribution in [0.2, 0.25) is 0 Å². The van der Waals surface area contributed by atoms with Crippen LogP contribution in [0.25, 0.3) is 10.9 Å². The molecule has 2 heterocycles. The fourth-order valence-electron chi connectivity index (χ4n) is 3.53. The van der Waals surface area contributed by atoms with Crippen molar-refractivity contribution in [3.63, 3.8) is 0 Å². The number of carbonyl (C=O) groups is 1. The number of aryl methyl sites for hydroxylation is 1. The first-order valence-electron chi connectivity index (χ1n) is 8.79. The number of H-pyrrole nitrogens is 1. The number of amides is 1. The standard InChI is InChI=1S/C20H25N3O2/c1-13-16-10-14(11-21)7-8-17(16)22-18(13)15-6-5-9-23(12-15)19(24)25-20(2,3)4/h7-8,10,15,22H,5-6,9,12H2,1-4H3/t15-/m0/s1. The van der Waals surface area contributed by atoms with E-state index in [0.717, 1.165) is 30.3 Å². The van der Waals surface area contributed by atoms with Crippen molar-refractivity contribution in [2.24, 2.45) is 0 Å². The van der Waals surface area contributed by atoms with Gasteiger partial charge in [0.2, 0.25) is 0 Å². The van der Waals surface area contributed by atoms with Crippen molar-refractivity contribution in [3.05, 3.63) is 35.0 Å². The Labute approximate surface area is 148 Å². The number of aromatic amines is 1. The molecule has 0 spiro atoms. The third kappa shape index (κ3) is 3.63. The van der Waals surface area contributed by atoms with Gasteiger partial charge in [-0.25, -0.2) is 4.79 Å². The molecule has 3 rings (SSSR count). The lowest BCUT2D eigenvalue weighted by Gasteiger charge is -2.34. The molecule has 1 saturated heterocycles. The van der Waals surface area contributed by atoms with E-state index >= 15 is 0 Å². The monoisotopic (exact) mass is 339 g/mol. The fraction of sp³-hybridized carbons (Fsp3) is 0.500. The molecule has 1 N–H and O–H groups in total. The average Bonchev–Trinajstić information content (AvgIpc) is 2.90.